The number of aliphatic hydroxyl groups is 1. The Hall–Kier alpha value is -1.35. The molecule has 0 aromatic heterocycles. The SMILES string of the molecule is O=C(O)c1cc[c]cc1.OC1CCC1. The van der Waals surface area contributed by atoms with Gasteiger partial charge in [0.15, 0.2) is 0 Å². The molecule has 3 nitrogen and oxygen atoms in total. The van der Waals surface area contributed by atoms with E-state index in [1.54, 1.807) is 12.1 Å². The molecule has 3 heteroatoms. The second-order valence-electron chi connectivity index (χ2n) is 3.18. The maximum atomic E-state index is 10.2. The van der Waals surface area contributed by atoms with E-state index < -0.39 is 5.97 Å². The van der Waals surface area contributed by atoms with Gasteiger partial charge < -0.3 is 10.2 Å². The van der Waals surface area contributed by atoms with Gasteiger partial charge in [-0.15, -0.1) is 0 Å². The van der Waals surface area contributed by atoms with Crippen molar-refractivity contribution in [1.82, 2.24) is 0 Å². The number of hydrogen-bond acceptors (Lipinski definition) is 2. The van der Waals surface area contributed by atoms with E-state index in [1.165, 1.54) is 18.6 Å². The zero-order valence-electron chi connectivity index (χ0n) is 7.81. The van der Waals surface area contributed by atoms with Gasteiger partial charge >= 0.3 is 5.97 Å². The van der Waals surface area contributed by atoms with Crippen molar-refractivity contribution in [3.63, 3.8) is 0 Å². The van der Waals surface area contributed by atoms with Crippen molar-refractivity contribution in [2.45, 2.75) is 25.4 Å². The lowest BCUT2D eigenvalue weighted by molar-refractivity contribution is 0.0697. The summed E-state index contributed by atoms with van der Waals surface area (Å²) in [5.41, 5.74) is 0.300. The van der Waals surface area contributed by atoms with Gasteiger partial charge in [-0.25, -0.2) is 4.79 Å². The highest BCUT2D eigenvalue weighted by Gasteiger charge is 2.11. The minimum absolute atomic E-state index is 0.0648. The molecule has 0 bridgehead atoms. The summed E-state index contributed by atoms with van der Waals surface area (Å²) in [7, 11) is 0. The van der Waals surface area contributed by atoms with Crippen LogP contribution in [0.15, 0.2) is 24.3 Å². The maximum Gasteiger partial charge on any atom is 0.335 e. The van der Waals surface area contributed by atoms with Crippen LogP contribution in [0, 0.1) is 6.07 Å². The zero-order chi connectivity index (χ0) is 10.4. The molecule has 14 heavy (non-hydrogen) atoms. The topological polar surface area (TPSA) is 57.5 Å². The van der Waals surface area contributed by atoms with E-state index in [0.717, 1.165) is 12.8 Å². The van der Waals surface area contributed by atoms with Gasteiger partial charge in [0.05, 0.1) is 11.7 Å². The van der Waals surface area contributed by atoms with Gasteiger partial charge in [-0.05, 0) is 37.5 Å². The first kappa shape index (κ1) is 10.7. The minimum Gasteiger partial charge on any atom is -0.478 e. The van der Waals surface area contributed by atoms with Crippen LogP contribution >= 0.6 is 0 Å². The molecular weight excluding hydrogens is 180 g/mol. The van der Waals surface area contributed by atoms with E-state index in [4.69, 9.17) is 10.2 Å². The number of aromatic carboxylic acids is 1. The highest BCUT2D eigenvalue weighted by Crippen LogP contribution is 2.16. The van der Waals surface area contributed by atoms with Crippen molar-refractivity contribution in [2.75, 3.05) is 0 Å². The lowest BCUT2D eigenvalue weighted by Gasteiger charge is -2.17. The number of hydrogen-bond donors (Lipinski definition) is 2. The second kappa shape index (κ2) is 5.40. The quantitative estimate of drug-likeness (QED) is 0.713. The van der Waals surface area contributed by atoms with Crippen LogP contribution in [0.4, 0.5) is 0 Å². The Kier molecular flexibility index (Phi) is 4.13. The second-order valence-corrected chi connectivity index (χ2v) is 3.18. The number of aliphatic hydroxyl groups excluding tert-OH is 1. The molecule has 2 rings (SSSR count). The third kappa shape index (κ3) is 3.58. The van der Waals surface area contributed by atoms with Gasteiger partial charge in [0.25, 0.3) is 0 Å². The van der Waals surface area contributed by atoms with Gasteiger partial charge in [0.2, 0.25) is 0 Å². The van der Waals surface area contributed by atoms with E-state index in [0.29, 0.717) is 5.56 Å². The van der Waals surface area contributed by atoms with E-state index in [9.17, 15) is 4.79 Å². The summed E-state index contributed by atoms with van der Waals surface area (Å²) in [6.45, 7) is 0. The van der Waals surface area contributed by atoms with Gasteiger partial charge in [-0.1, -0.05) is 12.1 Å². The van der Waals surface area contributed by atoms with Crippen molar-refractivity contribution in [2.24, 2.45) is 0 Å². The summed E-state index contributed by atoms with van der Waals surface area (Å²) >= 11 is 0. The minimum atomic E-state index is -0.899. The standard InChI is InChI=1S/C7H5O2.C4H8O/c8-7(9)6-4-2-1-3-5-6;5-4-2-1-3-4/h2-5H,(H,8,9);4-5H,1-3H2. The molecule has 0 saturated heterocycles. The predicted molar refractivity (Wildman–Crippen MR) is 52.1 cm³/mol. The molecule has 75 valence electrons. The Morgan fingerprint density at radius 2 is 1.86 bits per heavy atom. The molecule has 0 amide bonds. The molecular formula is C11H13O3. The molecule has 0 spiro atoms. The molecule has 1 fully saturated rings. The summed E-state index contributed by atoms with van der Waals surface area (Å²) in [4.78, 5) is 10.2. The Labute approximate surface area is 83.0 Å². The van der Waals surface area contributed by atoms with Crippen LogP contribution in [0.25, 0.3) is 0 Å². The third-order valence-electron chi connectivity index (χ3n) is 2.04. The summed E-state index contributed by atoms with van der Waals surface area (Å²) in [6.07, 6.45) is 3.39. The molecule has 1 radical (unpaired) electrons. The highest BCUT2D eigenvalue weighted by molar-refractivity contribution is 5.87. The Bertz CT molecular complexity index is 278. The molecule has 1 aromatic rings. The molecule has 1 aromatic carbocycles. The Balaban J connectivity index is 0.000000165. The van der Waals surface area contributed by atoms with Crippen molar-refractivity contribution < 1.29 is 15.0 Å². The van der Waals surface area contributed by atoms with Crippen LogP contribution in [0.1, 0.15) is 29.6 Å². The van der Waals surface area contributed by atoms with Gasteiger partial charge in [0.1, 0.15) is 0 Å². The number of carbonyl (C=O) groups is 1. The molecule has 0 aliphatic heterocycles. The first-order valence-electron chi connectivity index (χ1n) is 4.57. The lowest BCUT2D eigenvalue weighted by Crippen LogP contribution is -2.15. The number of rotatable bonds is 1. The Morgan fingerprint density at radius 1 is 1.36 bits per heavy atom. The van der Waals surface area contributed by atoms with E-state index in [-0.39, 0.29) is 6.10 Å². The number of carboxylic acid groups (broad SMARTS) is 1. The van der Waals surface area contributed by atoms with Crippen LogP contribution in [0.5, 0.6) is 0 Å². The average Bonchev–Trinajstić information content (AvgIpc) is 2.17. The van der Waals surface area contributed by atoms with Gasteiger partial charge in [-0.3, -0.25) is 0 Å². The lowest BCUT2D eigenvalue weighted by atomic mass is 9.97. The first-order chi connectivity index (χ1) is 6.70. The molecule has 1 saturated carbocycles. The van der Waals surface area contributed by atoms with E-state index >= 15 is 0 Å². The Morgan fingerprint density at radius 3 is 2.07 bits per heavy atom. The van der Waals surface area contributed by atoms with E-state index in [1.807, 2.05) is 0 Å². The van der Waals surface area contributed by atoms with Gasteiger partial charge in [-0.2, -0.15) is 0 Å². The van der Waals surface area contributed by atoms with Crippen molar-refractivity contribution >= 4 is 5.97 Å². The fourth-order valence-electron chi connectivity index (χ4n) is 0.916. The van der Waals surface area contributed by atoms with Crippen LogP contribution in [-0.2, 0) is 0 Å². The molecule has 0 atom stereocenters. The summed E-state index contributed by atoms with van der Waals surface area (Å²) in [5, 5.41) is 16.8. The summed E-state index contributed by atoms with van der Waals surface area (Å²) < 4.78 is 0. The summed E-state index contributed by atoms with van der Waals surface area (Å²) in [5.74, 6) is -0.899. The fraction of sp³-hybridized carbons (Fsp3) is 0.364. The average molecular weight is 193 g/mol. The first-order valence-corrected chi connectivity index (χ1v) is 4.57. The fourth-order valence-corrected chi connectivity index (χ4v) is 0.916. The smallest absolute Gasteiger partial charge is 0.335 e. The van der Waals surface area contributed by atoms with Crippen LogP contribution in [-0.4, -0.2) is 22.3 Å². The molecule has 1 aliphatic rings. The maximum absolute atomic E-state index is 10.2. The van der Waals surface area contributed by atoms with Crippen molar-refractivity contribution in [3.8, 4) is 0 Å². The number of carboxylic acids is 1. The normalized spacial score (nSPS) is 14.9. The van der Waals surface area contributed by atoms with Gasteiger partial charge in [0, 0.05) is 0 Å². The largest absolute Gasteiger partial charge is 0.478 e. The van der Waals surface area contributed by atoms with E-state index in [2.05, 4.69) is 6.07 Å². The third-order valence-corrected chi connectivity index (χ3v) is 2.04. The summed E-state index contributed by atoms with van der Waals surface area (Å²) in [6, 6.07) is 8.87. The molecule has 2 N–H and O–H groups in total. The van der Waals surface area contributed by atoms with Crippen molar-refractivity contribution in [3.05, 3.63) is 35.9 Å². The highest BCUT2D eigenvalue weighted by atomic mass is 16.4. The molecule has 0 unspecified atom stereocenters. The van der Waals surface area contributed by atoms with Crippen molar-refractivity contribution in [1.29, 1.82) is 0 Å². The number of benzene rings is 1. The predicted octanol–water partition coefficient (Wildman–Crippen LogP) is 1.72. The zero-order valence-corrected chi connectivity index (χ0v) is 7.81. The molecule has 0 heterocycles. The monoisotopic (exact) mass is 193 g/mol. The van der Waals surface area contributed by atoms with Crippen LogP contribution in [0.2, 0.25) is 0 Å². The van der Waals surface area contributed by atoms with Crippen LogP contribution < -0.4 is 0 Å². The van der Waals surface area contributed by atoms with Crippen LogP contribution in [0.3, 0.4) is 0 Å². The molecule has 1 aliphatic carbocycles.